The van der Waals surface area contributed by atoms with Gasteiger partial charge in [0, 0.05) is 11.0 Å². The maximum atomic E-state index is 10.3. The molecule has 1 aliphatic carbocycles. The summed E-state index contributed by atoms with van der Waals surface area (Å²) < 4.78 is 0. The molecule has 0 aromatic heterocycles. The van der Waals surface area contributed by atoms with Crippen molar-refractivity contribution in [2.75, 3.05) is 6.54 Å². The van der Waals surface area contributed by atoms with Gasteiger partial charge in [-0.2, -0.15) is 0 Å². The third kappa shape index (κ3) is 1.60. The van der Waals surface area contributed by atoms with Crippen LogP contribution in [0.15, 0.2) is 36.4 Å². The summed E-state index contributed by atoms with van der Waals surface area (Å²) in [5, 5.41) is 12.7. The van der Waals surface area contributed by atoms with Crippen LogP contribution in [0.4, 0.5) is 0 Å². The van der Waals surface area contributed by atoms with Gasteiger partial charge < -0.3 is 10.8 Å². The summed E-state index contributed by atoms with van der Waals surface area (Å²) in [4.78, 5) is 0. The van der Waals surface area contributed by atoms with E-state index in [1.54, 1.807) is 0 Å². The summed E-state index contributed by atoms with van der Waals surface area (Å²) >= 11 is 0. The molecule has 3 rings (SSSR count). The second kappa shape index (κ2) is 4.29. The van der Waals surface area contributed by atoms with Gasteiger partial charge in [-0.3, -0.25) is 0 Å². The second-order valence-corrected chi connectivity index (χ2v) is 5.35. The maximum absolute atomic E-state index is 10.3. The molecule has 0 aliphatic heterocycles. The van der Waals surface area contributed by atoms with Crippen molar-refractivity contribution < 1.29 is 5.11 Å². The Labute approximate surface area is 107 Å². The lowest BCUT2D eigenvalue weighted by molar-refractivity contribution is 0.225. The van der Waals surface area contributed by atoms with Crippen molar-refractivity contribution in [1.82, 2.24) is 0 Å². The molecule has 1 saturated carbocycles. The van der Waals surface area contributed by atoms with E-state index in [0.29, 0.717) is 12.3 Å². The van der Waals surface area contributed by atoms with Crippen LogP contribution in [0.3, 0.4) is 0 Å². The highest BCUT2D eigenvalue weighted by molar-refractivity contribution is 5.89. The van der Waals surface area contributed by atoms with Crippen molar-refractivity contribution in [3.05, 3.63) is 42.0 Å². The van der Waals surface area contributed by atoms with Gasteiger partial charge >= 0.3 is 0 Å². The molecule has 18 heavy (non-hydrogen) atoms. The second-order valence-electron chi connectivity index (χ2n) is 5.35. The normalized spacial score (nSPS) is 17.6. The zero-order valence-electron chi connectivity index (χ0n) is 10.5. The van der Waals surface area contributed by atoms with Gasteiger partial charge in [0.05, 0.1) is 0 Å². The Kier molecular flexibility index (Phi) is 2.75. The van der Waals surface area contributed by atoms with Gasteiger partial charge in [0.15, 0.2) is 0 Å². The third-order valence-corrected chi connectivity index (χ3v) is 4.37. The van der Waals surface area contributed by atoms with Crippen LogP contribution in [-0.2, 0) is 5.41 Å². The number of hydrogen-bond donors (Lipinski definition) is 2. The van der Waals surface area contributed by atoms with Crippen molar-refractivity contribution >= 4 is 10.8 Å². The van der Waals surface area contributed by atoms with Gasteiger partial charge in [0.2, 0.25) is 0 Å². The molecule has 0 unspecified atom stereocenters. The first kappa shape index (κ1) is 11.5. The summed E-state index contributed by atoms with van der Waals surface area (Å²) in [6.07, 6.45) is 4.49. The van der Waals surface area contributed by atoms with Crippen molar-refractivity contribution in [2.24, 2.45) is 5.73 Å². The predicted octanol–water partition coefficient (Wildman–Crippen LogP) is 3.32. The SMILES string of the molecule is NCCC1(c2c(O)ccc3ccccc23)CCC1. The molecule has 2 aromatic carbocycles. The molecule has 0 atom stereocenters. The van der Waals surface area contributed by atoms with Crippen LogP contribution in [0.25, 0.3) is 10.8 Å². The number of hydrogen-bond acceptors (Lipinski definition) is 2. The molecule has 0 heterocycles. The number of phenolic OH excluding ortho intramolecular Hbond substituents is 1. The highest BCUT2D eigenvalue weighted by Crippen LogP contribution is 2.51. The third-order valence-electron chi connectivity index (χ3n) is 4.37. The fourth-order valence-electron chi connectivity index (χ4n) is 3.32. The van der Waals surface area contributed by atoms with Crippen LogP contribution in [0.2, 0.25) is 0 Å². The molecule has 94 valence electrons. The van der Waals surface area contributed by atoms with Crippen molar-refractivity contribution in [2.45, 2.75) is 31.1 Å². The minimum Gasteiger partial charge on any atom is -0.508 e. The Bertz CT molecular complexity index is 572. The van der Waals surface area contributed by atoms with Crippen molar-refractivity contribution in [3.63, 3.8) is 0 Å². The van der Waals surface area contributed by atoms with E-state index in [1.165, 1.54) is 17.2 Å². The lowest BCUT2D eigenvalue weighted by Crippen LogP contribution is -2.36. The molecule has 2 aromatic rings. The van der Waals surface area contributed by atoms with Gasteiger partial charge in [-0.15, -0.1) is 0 Å². The molecule has 0 radical (unpaired) electrons. The first-order valence-corrected chi connectivity index (χ1v) is 6.68. The van der Waals surface area contributed by atoms with Gasteiger partial charge in [-0.25, -0.2) is 0 Å². The largest absolute Gasteiger partial charge is 0.508 e. The maximum Gasteiger partial charge on any atom is 0.119 e. The number of aromatic hydroxyl groups is 1. The minimum atomic E-state index is 0.111. The topological polar surface area (TPSA) is 46.2 Å². The molecule has 2 heteroatoms. The number of benzene rings is 2. The standard InChI is InChI=1S/C16H19NO/c17-11-10-16(8-3-9-16)15-13-5-2-1-4-12(13)6-7-14(15)18/h1-2,4-7,18H,3,8-11,17H2. The fraction of sp³-hybridized carbons (Fsp3) is 0.375. The molecule has 0 bridgehead atoms. The number of phenols is 1. The van der Waals surface area contributed by atoms with Crippen LogP contribution in [0, 0.1) is 0 Å². The van der Waals surface area contributed by atoms with Crippen molar-refractivity contribution in [3.8, 4) is 5.75 Å². The van der Waals surface area contributed by atoms with Gasteiger partial charge in [-0.05, 0) is 42.6 Å². The van der Waals surface area contributed by atoms with Crippen LogP contribution in [0.1, 0.15) is 31.2 Å². The average Bonchev–Trinajstić information content (AvgIpc) is 2.35. The summed E-state index contributed by atoms with van der Waals surface area (Å²) in [5.74, 6) is 0.432. The number of nitrogens with two attached hydrogens (primary N) is 1. The monoisotopic (exact) mass is 241 g/mol. The van der Waals surface area contributed by atoms with Crippen LogP contribution in [-0.4, -0.2) is 11.7 Å². The first-order chi connectivity index (χ1) is 8.77. The number of rotatable bonds is 3. The van der Waals surface area contributed by atoms with Gasteiger partial charge in [-0.1, -0.05) is 36.8 Å². The summed E-state index contributed by atoms with van der Waals surface area (Å²) in [6.45, 7) is 0.683. The van der Waals surface area contributed by atoms with Crippen LogP contribution >= 0.6 is 0 Å². The minimum absolute atomic E-state index is 0.111. The molecule has 0 spiro atoms. The van der Waals surface area contributed by atoms with E-state index in [1.807, 2.05) is 24.3 Å². The lowest BCUT2D eigenvalue weighted by Gasteiger charge is -2.43. The van der Waals surface area contributed by atoms with E-state index in [-0.39, 0.29) is 5.41 Å². The molecular formula is C16H19NO. The van der Waals surface area contributed by atoms with E-state index in [2.05, 4.69) is 12.1 Å². The van der Waals surface area contributed by atoms with E-state index >= 15 is 0 Å². The molecule has 3 N–H and O–H groups in total. The fourth-order valence-corrected chi connectivity index (χ4v) is 3.32. The Balaban J connectivity index is 2.23. The summed E-state index contributed by atoms with van der Waals surface area (Å²) in [6, 6.07) is 12.1. The molecule has 0 saturated heterocycles. The molecule has 1 aliphatic rings. The number of fused-ring (bicyclic) bond motifs is 1. The molecular weight excluding hydrogens is 222 g/mol. The Morgan fingerprint density at radius 2 is 1.89 bits per heavy atom. The first-order valence-electron chi connectivity index (χ1n) is 6.68. The van der Waals surface area contributed by atoms with Crippen LogP contribution in [0.5, 0.6) is 5.75 Å². The molecule has 1 fully saturated rings. The lowest BCUT2D eigenvalue weighted by atomic mass is 9.61. The Morgan fingerprint density at radius 3 is 2.56 bits per heavy atom. The molecule has 2 nitrogen and oxygen atoms in total. The quantitative estimate of drug-likeness (QED) is 0.866. The Hall–Kier alpha value is -1.54. The van der Waals surface area contributed by atoms with Crippen LogP contribution < -0.4 is 5.73 Å². The Morgan fingerprint density at radius 1 is 1.11 bits per heavy atom. The predicted molar refractivity (Wildman–Crippen MR) is 74.8 cm³/mol. The van der Waals surface area contributed by atoms with Gasteiger partial charge in [0.25, 0.3) is 0 Å². The average molecular weight is 241 g/mol. The molecule has 0 amide bonds. The zero-order valence-corrected chi connectivity index (χ0v) is 10.5. The van der Waals surface area contributed by atoms with Crippen molar-refractivity contribution in [1.29, 1.82) is 0 Å². The smallest absolute Gasteiger partial charge is 0.119 e. The van der Waals surface area contributed by atoms with E-state index < -0.39 is 0 Å². The van der Waals surface area contributed by atoms with E-state index in [4.69, 9.17) is 5.73 Å². The highest BCUT2D eigenvalue weighted by atomic mass is 16.3. The summed E-state index contributed by atoms with van der Waals surface area (Å²) in [7, 11) is 0. The highest BCUT2D eigenvalue weighted by Gasteiger charge is 2.40. The van der Waals surface area contributed by atoms with E-state index in [9.17, 15) is 5.11 Å². The van der Waals surface area contributed by atoms with E-state index in [0.717, 1.165) is 24.8 Å². The van der Waals surface area contributed by atoms with Gasteiger partial charge in [0.1, 0.15) is 5.75 Å². The summed E-state index contributed by atoms with van der Waals surface area (Å²) in [5.41, 5.74) is 7.01. The zero-order chi connectivity index (χ0) is 12.6.